The van der Waals surface area contributed by atoms with Gasteiger partial charge < -0.3 is 36.1 Å². The highest BCUT2D eigenvalue weighted by molar-refractivity contribution is 6.07. The molecule has 0 spiro atoms. The van der Waals surface area contributed by atoms with Crippen LogP contribution in [-0.4, -0.2) is 55.1 Å². The maximum absolute atomic E-state index is 13.4. The maximum atomic E-state index is 13.4. The van der Waals surface area contributed by atoms with Crippen molar-refractivity contribution in [3.8, 4) is 5.75 Å². The summed E-state index contributed by atoms with van der Waals surface area (Å²) in [6.07, 6.45) is -3.12. The van der Waals surface area contributed by atoms with Crippen molar-refractivity contribution in [2.45, 2.75) is 19.6 Å². The van der Waals surface area contributed by atoms with Crippen LogP contribution in [0.1, 0.15) is 27.0 Å². The standard InChI is InChI=1S/C31H32F3N7O4/c1-19-15-22(37-30(43)39-25-16-21(31(32,33)34)5-10-27(25)40-11-13-45-14-12-40)6-9-24(19)29(42)38-26-17-36-41(28(26)35)18-20-3-7-23(44-2)8-4-20/h3-10,15-17H,11-14,18,35H2,1-2H3,(H,38,42)(H2,37,39,43). The van der Waals surface area contributed by atoms with Gasteiger partial charge in [-0.3, -0.25) is 4.79 Å². The minimum Gasteiger partial charge on any atom is -0.497 e. The number of hydrogen-bond donors (Lipinski definition) is 4. The van der Waals surface area contributed by atoms with Crippen molar-refractivity contribution >= 4 is 40.5 Å². The van der Waals surface area contributed by atoms with E-state index in [-0.39, 0.29) is 11.5 Å². The number of carbonyl (C=O) groups excluding carboxylic acids is 2. The monoisotopic (exact) mass is 623 g/mol. The molecule has 5 N–H and O–H groups in total. The molecule has 1 aliphatic heterocycles. The van der Waals surface area contributed by atoms with E-state index >= 15 is 0 Å². The van der Waals surface area contributed by atoms with Crippen molar-refractivity contribution in [2.75, 3.05) is 60.0 Å². The predicted molar refractivity (Wildman–Crippen MR) is 165 cm³/mol. The average Bonchev–Trinajstić information content (AvgIpc) is 3.35. The van der Waals surface area contributed by atoms with E-state index in [2.05, 4.69) is 21.0 Å². The Labute approximate surface area is 257 Å². The summed E-state index contributed by atoms with van der Waals surface area (Å²) in [6.45, 7) is 3.87. The van der Waals surface area contributed by atoms with Crippen molar-refractivity contribution in [1.82, 2.24) is 9.78 Å². The number of nitrogen functional groups attached to an aromatic ring is 1. The Morgan fingerprint density at radius 3 is 2.38 bits per heavy atom. The molecule has 1 aliphatic rings. The number of ether oxygens (including phenoxy) is 2. The number of aromatic nitrogens is 2. The molecule has 0 atom stereocenters. The van der Waals surface area contributed by atoms with Gasteiger partial charge in [0.1, 0.15) is 17.3 Å². The Morgan fingerprint density at radius 1 is 0.978 bits per heavy atom. The van der Waals surface area contributed by atoms with Crippen molar-refractivity contribution in [1.29, 1.82) is 0 Å². The van der Waals surface area contributed by atoms with Gasteiger partial charge in [-0.25, -0.2) is 9.48 Å². The number of amides is 3. The Morgan fingerprint density at radius 2 is 1.71 bits per heavy atom. The molecule has 14 heteroatoms. The smallest absolute Gasteiger partial charge is 0.416 e. The lowest BCUT2D eigenvalue weighted by molar-refractivity contribution is -0.137. The van der Waals surface area contributed by atoms with Crippen LogP contribution in [-0.2, 0) is 17.5 Å². The van der Waals surface area contributed by atoms with Gasteiger partial charge in [0.05, 0.1) is 50.0 Å². The number of halogens is 3. The number of nitrogens with zero attached hydrogens (tertiary/aromatic N) is 3. The van der Waals surface area contributed by atoms with Crippen molar-refractivity contribution in [3.05, 3.63) is 89.1 Å². The zero-order valence-corrected chi connectivity index (χ0v) is 24.6. The summed E-state index contributed by atoms with van der Waals surface area (Å²) >= 11 is 0. The second kappa shape index (κ2) is 13.2. The Balaban J connectivity index is 1.25. The number of alkyl halides is 3. The van der Waals surface area contributed by atoms with Crippen LogP contribution in [0.15, 0.2) is 66.9 Å². The van der Waals surface area contributed by atoms with E-state index in [0.29, 0.717) is 61.0 Å². The third-order valence-corrected chi connectivity index (χ3v) is 7.27. The van der Waals surface area contributed by atoms with Crippen LogP contribution in [0.25, 0.3) is 0 Å². The second-order valence-corrected chi connectivity index (χ2v) is 10.3. The Kier molecular flexibility index (Phi) is 9.13. The van der Waals surface area contributed by atoms with Crippen LogP contribution in [0.5, 0.6) is 5.75 Å². The summed E-state index contributed by atoms with van der Waals surface area (Å²) < 4.78 is 52.4. The van der Waals surface area contributed by atoms with E-state index in [9.17, 15) is 22.8 Å². The number of hydrogen-bond acceptors (Lipinski definition) is 7. The zero-order chi connectivity index (χ0) is 32.1. The number of nitrogens with two attached hydrogens (primary N) is 1. The topological polar surface area (TPSA) is 136 Å². The van der Waals surface area contributed by atoms with Crippen LogP contribution in [0.3, 0.4) is 0 Å². The van der Waals surface area contributed by atoms with Gasteiger partial charge in [0.15, 0.2) is 0 Å². The number of aryl methyl sites for hydroxylation is 1. The summed E-state index contributed by atoms with van der Waals surface area (Å²) in [5, 5.41) is 12.2. The average molecular weight is 624 g/mol. The first-order valence-electron chi connectivity index (χ1n) is 14.0. The summed E-state index contributed by atoms with van der Waals surface area (Å²) in [5.74, 6) is 0.571. The lowest BCUT2D eigenvalue weighted by Gasteiger charge is -2.31. The molecule has 11 nitrogen and oxygen atoms in total. The van der Waals surface area contributed by atoms with Gasteiger partial charge in [-0.1, -0.05) is 12.1 Å². The third-order valence-electron chi connectivity index (χ3n) is 7.27. The normalized spacial score (nSPS) is 13.3. The number of urea groups is 1. The highest BCUT2D eigenvalue weighted by Gasteiger charge is 2.32. The fraction of sp³-hybridized carbons (Fsp3) is 0.258. The van der Waals surface area contributed by atoms with Gasteiger partial charge >= 0.3 is 12.2 Å². The molecule has 1 saturated heterocycles. The summed E-state index contributed by atoms with van der Waals surface area (Å²) in [7, 11) is 1.59. The molecule has 0 aliphatic carbocycles. The molecule has 4 aromatic rings. The van der Waals surface area contributed by atoms with E-state index in [1.54, 1.807) is 24.8 Å². The quantitative estimate of drug-likeness (QED) is 0.201. The number of nitrogens with one attached hydrogen (secondary N) is 3. The van der Waals surface area contributed by atoms with E-state index in [1.165, 1.54) is 24.4 Å². The number of morpholine rings is 1. The van der Waals surface area contributed by atoms with Gasteiger partial charge in [0, 0.05) is 24.3 Å². The van der Waals surface area contributed by atoms with Crippen molar-refractivity contribution in [2.24, 2.45) is 0 Å². The van der Waals surface area contributed by atoms with Gasteiger partial charge in [-0.05, 0) is 66.6 Å². The molecule has 1 fully saturated rings. The highest BCUT2D eigenvalue weighted by Crippen LogP contribution is 2.36. The molecule has 0 saturated carbocycles. The zero-order valence-electron chi connectivity index (χ0n) is 24.6. The minimum absolute atomic E-state index is 0.0158. The van der Waals surface area contributed by atoms with Crippen molar-refractivity contribution in [3.63, 3.8) is 0 Å². The first-order chi connectivity index (χ1) is 21.5. The SMILES string of the molecule is COc1ccc(Cn2ncc(NC(=O)c3ccc(NC(=O)Nc4cc(C(F)(F)F)ccc4N4CCOCC4)cc3C)c2N)cc1. The number of carbonyl (C=O) groups is 2. The van der Waals surface area contributed by atoms with Crippen LogP contribution in [0.4, 0.5) is 46.5 Å². The molecular weight excluding hydrogens is 591 g/mol. The predicted octanol–water partition coefficient (Wildman–Crippen LogP) is 5.58. The van der Waals surface area contributed by atoms with Gasteiger partial charge in [0.2, 0.25) is 0 Å². The van der Waals surface area contributed by atoms with Crippen LogP contribution in [0.2, 0.25) is 0 Å². The number of methoxy groups -OCH3 is 1. The second-order valence-electron chi connectivity index (χ2n) is 10.3. The fourth-order valence-electron chi connectivity index (χ4n) is 4.88. The molecule has 0 radical (unpaired) electrons. The first kappa shape index (κ1) is 31.2. The first-order valence-corrected chi connectivity index (χ1v) is 14.0. The summed E-state index contributed by atoms with van der Waals surface area (Å²) in [5.41, 5.74) is 8.32. The molecule has 3 amide bonds. The molecule has 3 aromatic carbocycles. The van der Waals surface area contributed by atoms with Gasteiger partial charge in [-0.2, -0.15) is 18.3 Å². The molecule has 45 heavy (non-hydrogen) atoms. The molecule has 0 unspecified atom stereocenters. The third kappa shape index (κ3) is 7.47. The highest BCUT2D eigenvalue weighted by atomic mass is 19.4. The van der Waals surface area contributed by atoms with Crippen LogP contribution < -0.4 is 31.3 Å². The summed E-state index contributed by atoms with van der Waals surface area (Å²) in [4.78, 5) is 27.8. The Bertz CT molecular complexity index is 1680. The van der Waals surface area contributed by atoms with Crippen LogP contribution >= 0.6 is 0 Å². The van der Waals surface area contributed by atoms with E-state index in [1.807, 2.05) is 29.2 Å². The van der Waals surface area contributed by atoms with Crippen molar-refractivity contribution < 1.29 is 32.2 Å². The number of anilines is 5. The fourth-order valence-corrected chi connectivity index (χ4v) is 4.88. The van der Waals surface area contributed by atoms with E-state index < -0.39 is 23.7 Å². The maximum Gasteiger partial charge on any atom is 0.416 e. The van der Waals surface area contributed by atoms with E-state index in [4.69, 9.17) is 15.2 Å². The molecule has 2 heterocycles. The lowest BCUT2D eigenvalue weighted by atomic mass is 10.1. The largest absolute Gasteiger partial charge is 0.497 e. The molecule has 5 rings (SSSR count). The van der Waals surface area contributed by atoms with Gasteiger partial charge in [0.25, 0.3) is 5.91 Å². The molecule has 1 aromatic heterocycles. The minimum atomic E-state index is -4.58. The molecular formula is C31H32F3N7O4. The van der Waals surface area contributed by atoms with E-state index in [0.717, 1.165) is 23.4 Å². The lowest BCUT2D eigenvalue weighted by Crippen LogP contribution is -2.37. The van der Waals surface area contributed by atoms with Gasteiger partial charge in [-0.15, -0.1) is 0 Å². The number of rotatable bonds is 8. The molecule has 236 valence electrons. The van der Waals surface area contributed by atoms with Crippen LogP contribution in [0, 0.1) is 6.92 Å². The molecule has 0 bridgehead atoms. The number of benzene rings is 3. The Hall–Kier alpha value is -5.24. The summed E-state index contributed by atoms with van der Waals surface area (Å²) in [6, 6.07) is 14.6.